The van der Waals surface area contributed by atoms with Gasteiger partial charge in [-0.25, -0.2) is 0 Å². The lowest BCUT2D eigenvalue weighted by Crippen LogP contribution is -1.93. The summed E-state index contributed by atoms with van der Waals surface area (Å²) in [5, 5.41) is 0. The molecule has 0 N–H and O–H groups in total. The molecule has 0 aliphatic heterocycles. The largest absolute Gasteiger partial charge is 0.256 e. The standard InChI is InChI=1S/C22H23N/c1-15-12-17(3)22(18(4)13-15)23-14-19-9-5-6-10-21(19)20-11-7-8-16(20)2/h5-10,12-14H,11H2,1-4H3/b23-14+. The van der Waals surface area contributed by atoms with Gasteiger partial charge in [0.25, 0.3) is 0 Å². The van der Waals surface area contributed by atoms with Gasteiger partial charge < -0.3 is 0 Å². The fraction of sp³-hybridized carbons (Fsp3) is 0.227. The van der Waals surface area contributed by atoms with Crippen LogP contribution in [0, 0.1) is 20.8 Å². The van der Waals surface area contributed by atoms with Crippen LogP contribution in [0.2, 0.25) is 0 Å². The Morgan fingerprint density at radius 2 is 1.65 bits per heavy atom. The minimum Gasteiger partial charge on any atom is -0.256 e. The Bertz CT molecular complexity index is 812. The Balaban J connectivity index is 2.00. The molecule has 0 saturated heterocycles. The Morgan fingerprint density at radius 3 is 2.30 bits per heavy atom. The third-order valence-electron chi connectivity index (χ3n) is 4.42. The highest BCUT2D eigenvalue weighted by atomic mass is 14.7. The van der Waals surface area contributed by atoms with Crippen molar-refractivity contribution in [3.05, 3.63) is 81.9 Å². The highest BCUT2D eigenvalue weighted by Crippen LogP contribution is 2.31. The molecular formula is C22H23N. The van der Waals surface area contributed by atoms with Gasteiger partial charge in [-0.3, -0.25) is 4.99 Å². The van der Waals surface area contributed by atoms with Crippen LogP contribution in [0.25, 0.3) is 5.57 Å². The summed E-state index contributed by atoms with van der Waals surface area (Å²) in [7, 11) is 0. The average Bonchev–Trinajstić information content (AvgIpc) is 2.92. The summed E-state index contributed by atoms with van der Waals surface area (Å²) in [5.41, 5.74) is 10.1. The number of benzene rings is 2. The van der Waals surface area contributed by atoms with Crippen molar-refractivity contribution in [2.45, 2.75) is 34.1 Å². The lowest BCUT2D eigenvalue weighted by Gasteiger charge is -2.10. The second-order valence-corrected chi connectivity index (χ2v) is 6.36. The van der Waals surface area contributed by atoms with Crippen LogP contribution in [0.3, 0.4) is 0 Å². The number of aliphatic imine (C=N–C) groups is 1. The van der Waals surface area contributed by atoms with Crippen LogP contribution < -0.4 is 0 Å². The summed E-state index contributed by atoms with van der Waals surface area (Å²) in [6.45, 7) is 8.57. The zero-order valence-corrected chi connectivity index (χ0v) is 14.4. The van der Waals surface area contributed by atoms with Gasteiger partial charge in [0, 0.05) is 11.8 Å². The minimum absolute atomic E-state index is 1.01. The van der Waals surface area contributed by atoms with Crippen molar-refractivity contribution in [2.24, 2.45) is 4.99 Å². The van der Waals surface area contributed by atoms with Crippen molar-refractivity contribution < 1.29 is 0 Å². The molecule has 0 bridgehead atoms. The fourth-order valence-electron chi connectivity index (χ4n) is 3.33. The van der Waals surface area contributed by atoms with Crippen LogP contribution in [-0.2, 0) is 0 Å². The molecule has 0 atom stereocenters. The van der Waals surface area contributed by atoms with Crippen LogP contribution in [0.5, 0.6) is 0 Å². The first-order chi connectivity index (χ1) is 11.1. The van der Waals surface area contributed by atoms with Gasteiger partial charge >= 0.3 is 0 Å². The van der Waals surface area contributed by atoms with Crippen LogP contribution in [0.1, 0.15) is 41.2 Å². The van der Waals surface area contributed by atoms with Gasteiger partial charge in [0.15, 0.2) is 0 Å². The van der Waals surface area contributed by atoms with E-state index in [1.165, 1.54) is 39.0 Å². The Labute approximate surface area is 139 Å². The molecule has 1 aliphatic carbocycles. The maximum Gasteiger partial charge on any atom is 0.0688 e. The van der Waals surface area contributed by atoms with E-state index in [4.69, 9.17) is 4.99 Å². The third-order valence-corrected chi connectivity index (χ3v) is 4.42. The molecule has 1 heteroatoms. The van der Waals surface area contributed by atoms with E-state index >= 15 is 0 Å². The molecule has 1 nitrogen and oxygen atoms in total. The molecule has 0 aromatic heterocycles. The Kier molecular flexibility index (Phi) is 4.29. The number of allylic oxidation sites excluding steroid dienone is 4. The van der Waals surface area contributed by atoms with Gasteiger partial charge in [0.05, 0.1) is 5.69 Å². The highest BCUT2D eigenvalue weighted by molar-refractivity contribution is 5.91. The topological polar surface area (TPSA) is 12.4 Å². The molecule has 2 aromatic carbocycles. The monoisotopic (exact) mass is 301 g/mol. The Morgan fingerprint density at radius 1 is 0.957 bits per heavy atom. The van der Waals surface area contributed by atoms with Crippen molar-refractivity contribution >= 4 is 17.5 Å². The van der Waals surface area contributed by atoms with E-state index in [-0.39, 0.29) is 0 Å². The lowest BCUT2D eigenvalue weighted by atomic mass is 9.97. The van der Waals surface area contributed by atoms with Gasteiger partial charge in [-0.2, -0.15) is 0 Å². The molecule has 0 heterocycles. The van der Waals surface area contributed by atoms with Gasteiger partial charge in [-0.1, -0.05) is 54.1 Å². The Hall–Kier alpha value is -2.41. The molecule has 0 unspecified atom stereocenters. The van der Waals surface area contributed by atoms with E-state index < -0.39 is 0 Å². The summed E-state index contributed by atoms with van der Waals surface area (Å²) in [6.07, 6.45) is 7.46. The molecular weight excluding hydrogens is 278 g/mol. The average molecular weight is 301 g/mol. The van der Waals surface area contributed by atoms with Crippen molar-refractivity contribution in [1.29, 1.82) is 0 Å². The molecule has 0 amide bonds. The first-order valence-electron chi connectivity index (χ1n) is 8.14. The van der Waals surface area contributed by atoms with Crippen molar-refractivity contribution in [2.75, 3.05) is 0 Å². The van der Waals surface area contributed by atoms with Gasteiger partial charge in [-0.05, 0) is 62.0 Å². The second kappa shape index (κ2) is 6.37. The van der Waals surface area contributed by atoms with Crippen LogP contribution in [0.15, 0.2) is 59.1 Å². The molecule has 3 rings (SSSR count). The number of rotatable bonds is 3. The zero-order chi connectivity index (χ0) is 16.4. The minimum atomic E-state index is 1.01. The fourth-order valence-corrected chi connectivity index (χ4v) is 3.33. The maximum atomic E-state index is 4.81. The SMILES string of the molecule is CC1=C(c2ccccc2/C=N/c2c(C)cc(C)cc2C)CC=C1. The van der Waals surface area contributed by atoms with Gasteiger partial charge in [-0.15, -0.1) is 0 Å². The van der Waals surface area contributed by atoms with Gasteiger partial charge in [0.1, 0.15) is 0 Å². The predicted molar refractivity (Wildman–Crippen MR) is 101 cm³/mol. The summed E-state index contributed by atoms with van der Waals surface area (Å²) in [4.78, 5) is 4.81. The number of aryl methyl sites for hydroxylation is 3. The molecule has 2 aromatic rings. The molecule has 1 aliphatic rings. The van der Waals surface area contributed by atoms with E-state index in [0.717, 1.165) is 12.1 Å². The molecule has 0 radical (unpaired) electrons. The normalized spacial score (nSPS) is 14.3. The maximum absolute atomic E-state index is 4.81. The van der Waals surface area contributed by atoms with Crippen molar-refractivity contribution in [3.63, 3.8) is 0 Å². The van der Waals surface area contributed by atoms with Crippen LogP contribution >= 0.6 is 0 Å². The predicted octanol–water partition coefficient (Wildman–Crippen LogP) is 6.10. The van der Waals surface area contributed by atoms with E-state index in [2.05, 4.69) is 76.2 Å². The molecule has 0 fully saturated rings. The van der Waals surface area contributed by atoms with E-state index in [0.29, 0.717) is 0 Å². The van der Waals surface area contributed by atoms with Crippen LogP contribution in [0.4, 0.5) is 5.69 Å². The van der Waals surface area contributed by atoms with E-state index in [1.54, 1.807) is 0 Å². The lowest BCUT2D eigenvalue weighted by molar-refractivity contribution is 1.29. The van der Waals surface area contributed by atoms with E-state index in [1.807, 2.05) is 6.21 Å². The van der Waals surface area contributed by atoms with E-state index in [9.17, 15) is 0 Å². The summed E-state index contributed by atoms with van der Waals surface area (Å²) in [6, 6.07) is 12.9. The first-order valence-corrected chi connectivity index (χ1v) is 8.14. The smallest absolute Gasteiger partial charge is 0.0688 e. The summed E-state index contributed by atoms with van der Waals surface area (Å²) >= 11 is 0. The molecule has 23 heavy (non-hydrogen) atoms. The van der Waals surface area contributed by atoms with Crippen LogP contribution in [-0.4, -0.2) is 6.21 Å². The third kappa shape index (κ3) is 3.19. The molecule has 116 valence electrons. The number of nitrogens with zero attached hydrogens (tertiary/aromatic N) is 1. The van der Waals surface area contributed by atoms with Crippen molar-refractivity contribution in [3.8, 4) is 0 Å². The van der Waals surface area contributed by atoms with Crippen molar-refractivity contribution in [1.82, 2.24) is 0 Å². The van der Waals surface area contributed by atoms with Gasteiger partial charge in [0.2, 0.25) is 0 Å². The second-order valence-electron chi connectivity index (χ2n) is 6.36. The highest BCUT2D eigenvalue weighted by Gasteiger charge is 2.11. The number of hydrogen-bond donors (Lipinski definition) is 0. The number of hydrogen-bond acceptors (Lipinski definition) is 1. The first kappa shape index (κ1) is 15.5. The quantitative estimate of drug-likeness (QED) is 0.608. The molecule has 0 saturated carbocycles. The summed E-state index contributed by atoms with van der Waals surface area (Å²) < 4.78 is 0. The molecule has 0 spiro atoms. The zero-order valence-electron chi connectivity index (χ0n) is 14.4. The summed E-state index contributed by atoms with van der Waals surface area (Å²) in [5.74, 6) is 0.